The molecule has 2 saturated heterocycles. The van der Waals surface area contributed by atoms with Crippen LogP contribution in [0.15, 0.2) is 64.0 Å². The van der Waals surface area contributed by atoms with Gasteiger partial charge in [0.05, 0.1) is 11.8 Å². The lowest BCUT2D eigenvalue weighted by Crippen LogP contribution is -2.53. The van der Waals surface area contributed by atoms with Crippen molar-refractivity contribution >= 4 is 28.6 Å². The molecule has 0 unspecified atom stereocenters. The van der Waals surface area contributed by atoms with Crippen LogP contribution in [0.3, 0.4) is 0 Å². The zero-order valence-corrected chi connectivity index (χ0v) is 26.4. The summed E-state index contributed by atoms with van der Waals surface area (Å²) < 4.78 is 25.0. The predicted molar refractivity (Wildman–Crippen MR) is 174 cm³/mol. The topological polar surface area (TPSA) is 176 Å². The molecule has 4 aromatic rings. The van der Waals surface area contributed by atoms with Crippen molar-refractivity contribution < 1.29 is 28.5 Å². The standard InChI is InChI=1S/C36H36N4O7/c1-17-12-23(41)30-24(44-17)16-25-31(32(30)42)29-19-5-7-21(8-6-19)36(34(43)45-33(29)35(2,3)46-25)26(47-36)9-4-18-13-22(40-28(38)14-18)20-10-11-39-27(37)15-20/h5,7,10-16,19,21,26,29,33,42H,4,6,8-9H2,1-3H3,(H2,37,39)(H2,38,40)/t19-,21-,26-,29+,33-,36+/m1/s1. The van der Waals surface area contributed by atoms with Crippen LogP contribution < -0.4 is 21.6 Å². The molecule has 11 nitrogen and oxygen atoms in total. The van der Waals surface area contributed by atoms with Crippen LogP contribution >= 0.6 is 0 Å². The number of nitrogen functional groups attached to an aromatic ring is 2. The van der Waals surface area contributed by atoms with Gasteiger partial charge in [-0.1, -0.05) is 12.2 Å². The number of phenols is 1. The number of hydrogen-bond donors (Lipinski definition) is 3. The van der Waals surface area contributed by atoms with E-state index in [-0.39, 0.29) is 40.1 Å². The molecular formula is C36H36N4O7. The number of carbonyl (C=O) groups is 1. The lowest BCUT2D eigenvalue weighted by atomic mass is 9.69. The van der Waals surface area contributed by atoms with E-state index in [9.17, 15) is 14.7 Å². The summed E-state index contributed by atoms with van der Waals surface area (Å²) in [5, 5.41) is 11.7. The Hall–Kier alpha value is -4.90. The third-order valence-corrected chi connectivity index (χ3v) is 10.2. The first-order valence-corrected chi connectivity index (χ1v) is 16.0. The van der Waals surface area contributed by atoms with Crippen LogP contribution in [0.1, 0.15) is 55.9 Å². The molecule has 1 aliphatic carbocycles. The van der Waals surface area contributed by atoms with Gasteiger partial charge in [0.2, 0.25) is 0 Å². The fraction of sp³-hybridized carbons (Fsp3) is 0.389. The van der Waals surface area contributed by atoms with Crippen molar-refractivity contribution in [2.45, 2.75) is 75.8 Å². The average molecular weight is 637 g/mol. The van der Waals surface area contributed by atoms with Crippen molar-refractivity contribution in [3.05, 3.63) is 81.9 Å². The number of hydrogen-bond acceptors (Lipinski definition) is 11. The number of ether oxygens (including phenoxy) is 3. The van der Waals surface area contributed by atoms with Crippen LogP contribution in [0, 0.1) is 18.8 Å². The van der Waals surface area contributed by atoms with Gasteiger partial charge in [-0.25, -0.2) is 14.8 Å². The highest BCUT2D eigenvalue weighted by atomic mass is 16.7. The van der Waals surface area contributed by atoms with E-state index >= 15 is 0 Å². The molecule has 242 valence electrons. The highest BCUT2D eigenvalue weighted by Gasteiger charge is 2.69. The van der Waals surface area contributed by atoms with Gasteiger partial charge in [0.25, 0.3) is 0 Å². The first-order valence-electron chi connectivity index (χ1n) is 16.0. The Balaban J connectivity index is 1.11. The van der Waals surface area contributed by atoms with E-state index in [1.807, 2.05) is 32.0 Å². The maximum Gasteiger partial charge on any atom is 0.342 e. The van der Waals surface area contributed by atoms with E-state index in [0.717, 1.165) is 17.5 Å². The lowest BCUT2D eigenvalue weighted by molar-refractivity contribution is -0.172. The molecule has 0 saturated carbocycles. The summed E-state index contributed by atoms with van der Waals surface area (Å²) in [4.78, 5) is 35.8. The van der Waals surface area contributed by atoms with Gasteiger partial charge in [-0.2, -0.15) is 0 Å². The van der Waals surface area contributed by atoms with E-state index in [2.05, 4.69) is 22.1 Å². The van der Waals surface area contributed by atoms with Crippen molar-refractivity contribution in [3.8, 4) is 22.8 Å². The molecule has 47 heavy (non-hydrogen) atoms. The third kappa shape index (κ3) is 4.66. The van der Waals surface area contributed by atoms with Gasteiger partial charge in [-0.15, -0.1) is 0 Å². The molecule has 11 heteroatoms. The molecule has 0 amide bonds. The van der Waals surface area contributed by atoms with Gasteiger partial charge < -0.3 is 35.2 Å². The van der Waals surface area contributed by atoms with Crippen molar-refractivity contribution in [2.75, 3.05) is 11.5 Å². The van der Waals surface area contributed by atoms with Crippen LogP contribution in [0.4, 0.5) is 11.6 Å². The van der Waals surface area contributed by atoms with Gasteiger partial charge in [-0.05, 0) is 82.2 Å². The number of benzene rings is 1. The van der Waals surface area contributed by atoms with Crippen LogP contribution in [-0.2, 0) is 20.7 Å². The van der Waals surface area contributed by atoms with Crippen LogP contribution in [0.2, 0.25) is 0 Å². The second-order valence-corrected chi connectivity index (χ2v) is 13.7. The van der Waals surface area contributed by atoms with E-state index in [1.165, 1.54) is 6.07 Å². The Morgan fingerprint density at radius 2 is 1.87 bits per heavy atom. The van der Waals surface area contributed by atoms with E-state index in [0.29, 0.717) is 53.7 Å². The number of phenolic OH excluding ortho intramolecular Hbond substituents is 1. The number of fused-ring (bicyclic) bond motifs is 4. The zero-order chi connectivity index (χ0) is 32.8. The van der Waals surface area contributed by atoms with E-state index < -0.39 is 29.2 Å². The minimum absolute atomic E-state index is 0.0698. The fourth-order valence-corrected chi connectivity index (χ4v) is 8.05. The second-order valence-electron chi connectivity index (χ2n) is 13.7. The number of carbonyl (C=O) groups excluding carboxylic acids is 1. The number of esters is 1. The largest absolute Gasteiger partial charge is 0.507 e. The van der Waals surface area contributed by atoms with Gasteiger partial charge in [0.1, 0.15) is 51.6 Å². The molecule has 2 bridgehead atoms. The van der Waals surface area contributed by atoms with Gasteiger partial charge in [0, 0.05) is 41.3 Å². The van der Waals surface area contributed by atoms with Gasteiger partial charge in [0.15, 0.2) is 11.0 Å². The van der Waals surface area contributed by atoms with E-state index in [1.54, 1.807) is 25.3 Å². The normalized spacial score (nSPS) is 28.5. The number of pyridine rings is 2. The number of nitrogens with two attached hydrogens (primary N) is 2. The maximum absolute atomic E-state index is 14.3. The Morgan fingerprint density at radius 3 is 2.64 bits per heavy atom. The molecule has 3 aromatic heterocycles. The number of aromatic hydroxyl groups is 1. The monoisotopic (exact) mass is 636 g/mol. The number of rotatable bonds is 4. The lowest BCUT2D eigenvalue weighted by Gasteiger charge is -2.46. The first-order chi connectivity index (χ1) is 22.4. The Bertz CT molecular complexity index is 2060. The van der Waals surface area contributed by atoms with E-state index in [4.69, 9.17) is 30.1 Å². The summed E-state index contributed by atoms with van der Waals surface area (Å²) in [6.45, 7) is 5.44. The minimum Gasteiger partial charge on any atom is -0.507 e. The maximum atomic E-state index is 14.3. The van der Waals surface area contributed by atoms with Gasteiger partial charge >= 0.3 is 5.97 Å². The van der Waals surface area contributed by atoms with Crippen LogP contribution in [-0.4, -0.2) is 44.5 Å². The van der Waals surface area contributed by atoms with Crippen molar-refractivity contribution in [3.63, 3.8) is 0 Å². The molecule has 7 heterocycles. The van der Waals surface area contributed by atoms with Crippen molar-refractivity contribution in [2.24, 2.45) is 11.8 Å². The highest BCUT2D eigenvalue weighted by Crippen LogP contribution is 2.58. The smallest absolute Gasteiger partial charge is 0.342 e. The molecule has 5 aliphatic rings. The third-order valence-electron chi connectivity index (χ3n) is 10.2. The molecule has 0 radical (unpaired) electrons. The molecule has 6 atom stereocenters. The summed E-state index contributed by atoms with van der Waals surface area (Å²) in [6, 6.07) is 10.4. The number of allylic oxidation sites excluding steroid dienone is 1. The number of nitrogens with zero attached hydrogens (tertiary/aromatic N) is 2. The van der Waals surface area contributed by atoms with Crippen molar-refractivity contribution in [1.82, 2.24) is 9.97 Å². The summed E-state index contributed by atoms with van der Waals surface area (Å²) in [5.74, 6) is 0.313. The molecule has 4 aliphatic heterocycles. The SMILES string of the molecule is Cc1cc(=O)c2c(O)c3c(cc2o1)OC(C)(C)[C@@H]1OC(=O)[C@]2(O[C@@H]2CCc2cc(N)nc(-c4ccnc(N)c4)c2)[C@@H]2C=C[C@H](CC2)[C@@H]31. The number of anilines is 2. The molecule has 1 aromatic carbocycles. The Morgan fingerprint density at radius 1 is 1.04 bits per heavy atom. The summed E-state index contributed by atoms with van der Waals surface area (Å²) >= 11 is 0. The quantitative estimate of drug-likeness (QED) is 0.157. The van der Waals surface area contributed by atoms with Crippen LogP contribution in [0.5, 0.6) is 11.5 Å². The fourth-order valence-electron chi connectivity index (χ4n) is 8.05. The number of aromatic nitrogens is 2. The number of epoxide rings is 1. The van der Waals surface area contributed by atoms with Crippen LogP contribution in [0.25, 0.3) is 22.2 Å². The number of aryl methyl sites for hydroxylation is 2. The molecule has 9 rings (SSSR count). The average Bonchev–Trinajstić information content (AvgIpc) is 3.74. The molecule has 1 spiro atoms. The Labute approximate surface area is 270 Å². The van der Waals surface area contributed by atoms with Gasteiger partial charge in [-0.3, -0.25) is 4.79 Å². The Kier molecular flexibility index (Phi) is 6.47. The summed E-state index contributed by atoms with van der Waals surface area (Å²) in [5.41, 5.74) is 12.8. The minimum atomic E-state index is -1.13. The predicted octanol–water partition coefficient (Wildman–Crippen LogP) is 4.96. The molecule has 5 N–H and O–H groups in total. The van der Waals surface area contributed by atoms with Crippen molar-refractivity contribution in [1.29, 1.82) is 0 Å². The molecule has 2 fully saturated rings. The summed E-state index contributed by atoms with van der Waals surface area (Å²) in [6.07, 6.45) is 7.33. The summed E-state index contributed by atoms with van der Waals surface area (Å²) in [7, 11) is 0. The highest BCUT2D eigenvalue weighted by molar-refractivity contribution is 5.88. The first kappa shape index (κ1) is 29.5. The second kappa shape index (κ2) is 10.3. The molecular weight excluding hydrogens is 600 g/mol. The zero-order valence-electron chi connectivity index (χ0n) is 26.4.